The van der Waals surface area contributed by atoms with Gasteiger partial charge in [0, 0.05) is 17.3 Å². The number of carbonyl (C=O) groups excluding carboxylic acids is 2. The van der Waals surface area contributed by atoms with E-state index in [9.17, 15) is 75.3 Å². The fraction of sp³-hybridized carbons (Fsp3) is 0.686. The van der Waals surface area contributed by atoms with E-state index in [1.165, 1.54) is 36.4 Å². The lowest BCUT2D eigenvalue weighted by atomic mass is 9.84. The number of phenolic OH excluding ortho intramolecular Hbond substituents is 2. The molecule has 0 aliphatic carbocycles. The summed E-state index contributed by atoms with van der Waals surface area (Å²) >= 11 is 0. The third kappa shape index (κ3) is 17.4. The zero-order chi connectivity index (χ0) is 60.4. The third-order valence-electron chi connectivity index (χ3n) is 14.0. The van der Waals surface area contributed by atoms with Crippen LogP contribution in [-0.2, 0) is 61.7 Å². The highest BCUT2D eigenvalue weighted by atomic mass is 16.7. The number of hydrogen-bond donors (Lipinski definition) is 15. The van der Waals surface area contributed by atoms with Crippen LogP contribution in [0.3, 0.4) is 0 Å². The minimum absolute atomic E-state index is 0.160. The van der Waals surface area contributed by atoms with Crippen LogP contribution < -0.4 is 22.1 Å². The number of likely N-dealkylation sites (N-methyl/N-ethyl adjacent to an activating group) is 2. The number of carboxylic acids is 2. The number of aromatic hydroxyl groups is 2. The number of ether oxygens (including phenoxy) is 11. The number of aliphatic hydroxyl groups excluding tert-OH is 7. The number of nitrogen functional groups attached to an aromatic ring is 2. The van der Waals surface area contributed by atoms with Crippen LogP contribution in [0.4, 0.5) is 11.4 Å². The highest BCUT2D eigenvalue weighted by molar-refractivity contribution is 5.94. The molecule has 4 fully saturated rings. The van der Waals surface area contributed by atoms with Crippen molar-refractivity contribution in [1.29, 1.82) is 0 Å². The summed E-state index contributed by atoms with van der Waals surface area (Å²) in [7, 11) is 3.32. The first-order valence-corrected chi connectivity index (χ1v) is 26.5. The molecule has 0 aromatic heterocycles. The molecule has 0 spiro atoms. The van der Waals surface area contributed by atoms with E-state index >= 15 is 0 Å². The number of hydrogen-bond acceptors (Lipinski definition) is 26. The van der Waals surface area contributed by atoms with E-state index < -0.39 is 191 Å². The highest BCUT2D eigenvalue weighted by Gasteiger charge is 2.53. The number of aliphatic hydroxyl groups is 7. The standard InChI is InChI=1S/C47H68N4O26.2C2H6/c1-18-31(50-2)23(33(54)29(74-18)14-68-16-72-44(65)21-8-19(48)4-6-26(21)52)11-70-46-38(59)35(56)25(40(76-46)42(61)62)10-67-13-28-32(51-3)24(12-71-47-39(60)36(57)37(58)41(77-47)43(63)64)34(55)30(75-28)15-69-17-73-45(66)22-9-20(49)5-7-27(22)53;2*1-2/h4-9,18,23-25,28-41,46-47,50-60H,10-17,48-49H2,1-3H3,(H,61,62)(H,63,64);2*1-2H3/p+2/t18-,23-,24-,25-,28-,29?,30?,31?,32?,33-,34-,35+,36+,37-,38?,39?,40?,41?,46+,47+;;/m0../s1. The Hall–Kier alpha value is -5.20. The van der Waals surface area contributed by atoms with Gasteiger partial charge >= 0.3 is 23.9 Å². The Morgan fingerprint density at radius 3 is 1.41 bits per heavy atom. The molecule has 0 saturated carbocycles. The van der Waals surface area contributed by atoms with Crippen molar-refractivity contribution in [3.05, 3.63) is 47.5 Å². The van der Waals surface area contributed by atoms with Crippen molar-refractivity contribution in [3.8, 4) is 11.5 Å². The molecule has 4 saturated heterocycles. The number of aliphatic carboxylic acids is 2. The fourth-order valence-electron chi connectivity index (χ4n) is 9.81. The van der Waals surface area contributed by atoms with Gasteiger partial charge in [-0.2, -0.15) is 0 Å². The zero-order valence-corrected chi connectivity index (χ0v) is 46.0. The molecule has 2 aromatic carbocycles. The number of benzene rings is 2. The van der Waals surface area contributed by atoms with Gasteiger partial charge in [-0.3, -0.25) is 0 Å². The number of carbonyl (C=O) groups is 4. The van der Waals surface area contributed by atoms with Crippen molar-refractivity contribution in [2.24, 2.45) is 17.8 Å². The van der Waals surface area contributed by atoms with Crippen LogP contribution in [-0.4, -0.2) is 251 Å². The third-order valence-corrected chi connectivity index (χ3v) is 14.0. The largest absolute Gasteiger partial charge is 0.507 e. The van der Waals surface area contributed by atoms with Crippen LogP contribution in [0, 0.1) is 17.8 Å². The number of anilines is 2. The number of carboxylic acid groups (broad SMARTS) is 2. The molecule has 8 unspecified atom stereocenters. The summed E-state index contributed by atoms with van der Waals surface area (Å²) < 4.78 is 62.0. The van der Waals surface area contributed by atoms with Crippen LogP contribution >= 0.6 is 0 Å². The summed E-state index contributed by atoms with van der Waals surface area (Å²) in [6.45, 7) is 5.87. The number of phenols is 2. The van der Waals surface area contributed by atoms with Crippen molar-refractivity contribution in [2.45, 2.75) is 139 Å². The summed E-state index contributed by atoms with van der Waals surface area (Å²) in [4.78, 5) is 49.6. The van der Waals surface area contributed by atoms with Gasteiger partial charge in [0.15, 0.2) is 38.4 Å². The van der Waals surface area contributed by atoms with Crippen LogP contribution in [0.5, 0.6) is 11.5 Å². The van der Waals surface area contributed by atoms with Crippen molar-refractivity contribution in [1.82, 2.24) is 0 Å². The molecular formula is C51H82N4O26+2. The first-order chi connectivity index (χ1) is 38.6. The Labute approximate surface area is 466 Å². The molecule has 81 heavy (non-hydrogen) atoms. The molecule has 2 aromatic rings. The van der Waals surface area contributed by atoms with Crippen molar-refractivity contribution < 1.29 is 138 Å². The summed E-state index contributed by atoms with van der Waals surface area (Å²) in [5.74, 6) is -9.14. The first-order valence-electron chi connectivity index (χ1n) is 26.5. The van der Waals surface area contributed by atoms with E-state index in [4.69, 9.17) is 63.6 Å². The Morgan fingerprint density at radius 2 is 0.938 bits per heavy atom. The number of rotatable bonds is 24. The van der Waals surface area contributed by atoms with Gasteiger partial charge in [0.25, 0.3) is 0 Å². The van der Waals surface area contributed by atoms with Gasteiger partial charge in [0.05, 0.1) is 83.9 Å². The topological polar surface area (TPSA) is 478 Å². The lowest BCUT2D eigenvalue weighted by Crippen LogP contribution is -2.93. The predicted octanol–water partition coefficient (Wildman–Crippen LogP) is -5.00. The van der Waals surface area contributed by atoms with E-state index in [1.54, 1.807) is 31.7 Å². The number of nitrogens with two attached hydrogens (primary N) is 4. The van der Waals surface area contributed by atoms with Gasteiger partial charge in [-0.25, -0.2) is 19.2 Å². The first kappa shape index (κ1) is 68.3. The SMILES string of the molecule is CC.CC.C[NH2+]C1[C@H](C)OC(COCOC(=O)c2cc(N)ccc2O)[C@@H](O)[C@H]1CO[C@@H]1OC(C(=O)O)[C@@H](COC[C@@H]2OC(COCOC(=O)c3cc(N)ccc3O)[C@@H](O)[C@@H](CO[C@@H]3OC(C(=O)O)[C@@H](O)[C@@H](O)C3O)C2[NH2+]C)[C@@H](O)C1O. The minimum atomic E-state index is -2.02. The van der Waals surface area contributed by atoms with E-state index in [1.807, 2.05) is 27.7 Å². The second-order valence-electron chi connectivity index (χ2n) is 19.0. The maximum atomic E-state index is 12.7. The van der Waals surface area contributed by atoms with E-state index in [2.05, 4.69) is 0 Å². The molecule has 4 aliphatic rings. The summed E-state index contributed by atoms with van der Waals surface area (Å²) in [5.41, 5.74) is 11.3. The Morgan fingerprint density at radius 1 is 0.506 bits per heavy atom. The summed E-state index contributed by atoms with van der Waals surface area (Å²) in [5, 5.41) is 120. The normalized spacial score (nSPS) is 33.9. The molecular weight excluding hydrogens is 1080 g/mol. The molecule has 30 nitrogen and oxygen atoms in total. The Bertz CT molecular complexity index is 2290. The van der Waals surface area contributed by atoms with E-state index in [-0.39, 0.29) is 41.5 Å². The fourth-order valence-corrected chi connectivity index (χ4v) is 9.81. The minimum Gasteiger partial charge on any atom is -0.507 e. The van der Waals surface area contributed by atoms with Crippen LogP contribution in [0.25, 0.3) is 0 Å². The Balaban J connectivity index is 0.00000345. The molecule has 20 atom stereocenters. The zero-order valence-electron chi connectivity index (χ0n) is 46.0. The molecule has 460 valence electrons. The Kier molecular flexibility index (Phi) is 27.5. The van der Waals surface area contributed by atoms with Crippen LogP contribution in [0.15, 0.2) is 36.4 Å². The van der Waals surface area contributed by atoms with Gasteiger partial charge in [-0.05, 0) is 43.3 Å². The van der Waals surface area contributed by atoms with Gasteiger partial charge in [-0.1, -0.05) is 27.7 Å². The molecule has 0 bridgehead atoms. The van der Waals surface area contributed by atoms with E-state index in [0.29, 0.717) is 0 Å². The predicted molar refractivity (Wildman–Crippen MR) is 274 cm³/mol. The second-order valence-corrected chi connectivity index (χ2v) is 19.0. The molecule has 19 N–H and O–H groups in total. The van der Waals surface area contributed by atoms with Gasteiger partial charge in [0.1, 0.15) is 83.5 Å². The van der Waals surface area contributed by atoms with Crippen molar-refractivity contribution in [2.75, 3.05) is 78.8 Å². The van der Waals surface area contributed by atoms with Gasteiger partial charge < -0.3 is 130 Å². The quantitative estimate of drug-likeness (QED) is 0.0154. The molecule has 0 amide bonds. The van der Waals surface area contributed by atoms with Gasteiger partial charge in [-0.15, -0.1) is 0 Å². The monoisotopic (exact) mass is 1170 g/mol. The van der Waals surface area contributed by atoms with Crippen LogP contribution in [0.2, 0.25) is 0 Å². The van der Waals surface area contributed by atoms with E-state index in [0.717, 1.165) is 0 Å². The van der Waals surface area contributed by atoms with Crippen molar-refractivity contribution in [3.63, 3.8) is 0 Å². The maximum absolute atomic E-state index is 12.7. The number of esters is 2. The molecule has 4 aliphatic heterocycles. The highest BCUT2D eigenvalue weighted by Crippen LogP contribution is 2.33. The molecule has 4 heterocycles. The molecule has 30 heteroatoms. The average molecular weight is 1170 g/mol. The summed E-state index contributed by atoms with van der Waals surface area (Å²) in [6.07, 6.45) is -23.7. The van der Waals surface area contributed by atoms with Gasteiger partial charge in [0.2, 0.25) is 0 Å². The maximum Gasteiger partial charge on any atom is 0.344 e. The van der Waals surface area contributed by atoms with Crippen molar-refractivity contribution >= 4 is 35.3 Å². The molecule has 0 radical (unpaired) electrons. The average Bonchev–Trinajstić information content (AvgIpc) is 3.51. The van der Waals surface area contributed by atoms with Crippen LogP contribution in [0.1, 0.15) is 55.3 Å². The lowest BCUT2D eigenvalue weighted by molar-refractivity contribution is -0.686. The summed E-state index contributed by atoms with van der Waals surface area (Å²) in [6, 6.07) is 6.29. The molecule has 6 rings (SSSR count). The number of quaternary nitrogens is 2. The lowest BCUT2D eigenvalue weighted by Gasteiger charge is -2.45. The second kappa shape index (κ2) is 32.6. The smallest absolute Gasteiger partial charge is 0.344 e.